The van der Waals surface area contributed by atoms with Gasteiger partial charge in [-0.1, -0.05) is 0 Å². The van der Waals surface area contributed by atoms with Crippen molar-refractivity contribution in [3.8, 4) is 5.88 Å². The maximum absolute atomic E-state index is 13.0. The minimum absolute atomic E-state index is 0.109. The second-order valence-electron chi connectivity index (χ2n) is 5.64. The van der Waals surface area contributed by atoms with Crippen LogP contribution in [0.25, 0.3) is 0 Å². The van der Waals surface area contributed by atoms with Crippen LogP contribution in [0, 0.1) is 0 Å². The van der Waals surface area contributed by atoms with E-state index in [0.717, 1.165) is 19.3 Å². The maximum atomic E-state index is 13.0. The Labute approximate surface area is 140 Å². The predicted octanol–water partition coefficient (Wildman–Crippen LogP) is 1.72. The number of aromatic amines is 1. The van der Waals surface area contributed by atoms with Crippen molar-refractivity contribution < 1.29 is 14.3 Å². The van der Waals surface area contributed by atoms with E-state index < -0.39 is 0 Å². The lowest BCUT2D eigenvalue weighted by molar-refractivity contribution is 0.0596. The second kappa shape index (κ2) is 7.39. The van der Waals surface area contributed by atoms with Crippen LogP contribution in [0.3, 0.4) is 0 Å². The van der Waals surface area contributed by atoms with Crippen LogP contribution < -0.4 is 4.74 Å². The van der Waals surface area contributed by atoms with Crippen LogP contribution in [0.5, 0.6) is 5.88 Å². The zero-order valence-electron chi connectivity index (χ0n) is 13.9. The molecule has 1 fully saturated rings. The number of pyridine rings is 1. The minimum Gasteiger partial charge on any atom is -0.480 e. The first-order valence-electron chi connectivity index (χ1n) is 7.94. The van der Waals surface area contributed by atoms with Gasteiger partial charge in [0, 0.05) is 19.9 Å². The Morgan fingerprint density at radius 2 is 2.29 bits per heavy atom. The summed E-state index contributed by atoms with van der Waals surface area (Å²) in [5.74, 6) is 1.51. The van der Waals surface area contributed by atoms with Crippen molar-refractivity contribution >= 4 is 5.91 Å². The summed E-state index contributed by atoms with van der Waals surface area (Å²) in [5.41, 5.74) is 0.458. The molecule has 1 amide bonds. The Balaban J connectivity index is 1.87. The van der Waals surface area contributed by atoms with Crippen molar-refractivity contribution in [2.75, 3.05) is 20.8 Å². The number of carbonyl (C=O) groups is 1. The highest BCUT2D eigenvalue weighted by Gasteiger charge is 2.32. The normalized spacial score (nSPS) is 17.8. The van der Waals surface area contributed by atoms with Gasteiger partial charge in [-0.3, -0.25) is 9.89 Å². The van der Waals surface area contributed by atoms with Crippen LogP contribution in [0.15, 0.2) is 18.3 Å². The molecule has 8 heteroatoms. The number of nitrogens with one attached hydrogen (secondary N) is 1. The molecule has 1 saturated heterocycles. The summed E-state index contributed by atoms with van der Waals surface area (Å²) < 4.78 is 10.3. The average molecular weight is 331 g/mol. The van der Waals surface area contributed by atoms with E-state index >= 15 is 0 Å². The summed E-state index contributed by atoms with van der Waals surface area (Å²) in [5, 5.41) is 7.14. The summed E-state index contributed by atoms with van der Waals surface area (Å²) in [7, 11) is 3.12. The van der Waals surface area contributed by atoms with Gasteiger partial charge < -0.3 is 14.4 Å². The second-order valence-corrected chi connectivity index (χ2v) is 5.64. The van der Waals surface area contributed by atoms with Crippen molar-refractivity contribution in [1.82, 2.24) is 25.1 Å². The zero-order valence-corrected chi connectivity index (χ0v) is 13.9. The zero-order chi connectivity index (χ0) is 16.9. The van der Waals surface area contributed by atoms with Gasteiger partial charge in [0.05, 0.1) is 13.2 Å². The smallest absolute Gasteiger partial charge is 0.259 e. The summed E-state index contributed by atoms with van der Waals surface area (Å²) in [6.45, 7) is 1.03. The van der Waals surface area contributed by atoms with E-state index in [1.807, 2.05) is 4.90 Å². The molecule has 1 aliphatic rings. The number of carbonyl (C=O) groups excluding carboxylic acids is 1. The number of hydrogen-bond donors (Lipinski definition) is 1. The highest BCUT2D eigenvalue weighted by molar-refractivity contribution is 5.96. The molecule has 1 atom stereocenters. The maximum Gasteiger partial charge on any atom is 0.259 e. The fraction of sp³-hybridized carbons (Fsp3) is 0.500. The Morgan fingerprint density at radius 3 is 3.08 bits per heavy atom. The van der Waals surface area contributed by atoms with E-state index in [-0.39, 0.29) is 11.9 Å². The first-order chi connectivity index (χ1) is 11.7. The predicted molar refractivity (Wildman–Crippen MR) is 85.5 cm³/mol. The van der Waals surface area contributed by atoms with E-state index in [0.29, 0.717) is 36.2 Å². The number of nitrogens with zero attached hydrogens (tertiary/aromatic N) is 4. The highest BCUT2D eigenvalue weighted by Crippen LogP contribution is 2.31. The largest absolute Gasteiger partial charge is 0.480 e. The minimum atomic E-state index is -0.155. The molecular formula is C16H21N5O3. The lowest BCUT2D eigenvalue weighted by atomic mass is 10.0. The van der Waals surface area contributed by atoms with Crippen LogP contribution >= 0.6 is 0 Å². The molecule has 0 spiro atoms. The molecule has 128 valence electrons. The van der Waals surface area contributed by atoms with Crippen LogP contribution in [-0.4, -0.2) is 51.7 Å². The Hall–Kier alpha value is -2.48. The number of aromatic nitrogens is 4. The number of rotatable bonds is 5. The third-order valence-corrected chi connectivity index (χ3v) is 4.09. The highest BCUT2D eigenvalue weighted by atomic mass is 16.5. The van der Waals surface area contributed by atoms with Crippen molar-refractivity contribution in [2.45, 2.75) is 31.9 Å². The topological polar surface area (TPSA) is 93.2 Å². The van der Waals surface area contributed by atoms with Gasteiger partial charge in [0.25, 0.3) is 5.91 Å². The molecule has 1 N–H and O–H groups in total. The van der Waals surface area contributed by atoms with E-state index in [1.165, 1.54) is 7.11 Å². The number of amides is 1. The molecule has 0 bridgehead atoms. The molecule has 1 aliphatic heterocycles. The number of hydrogen-bond acceptors (Lipinski definition) is 6. The fourth-order valence-electron chi connectivity index (χ4n) is 2.97. The first kappa shape index (κ1) is 16.4. The molecule has 0 radical (unpaired) electrons. The van der Waals surface area contributed by atoms with Crippen molar-refractivity contribution in [3.05, 3.63) is 35.5 Å². The summed E-state index contributed by atoms with van der Waals surface area (Å²) in [6, 6.07) is 3.31. The van der Waals surface area contributed by atoms with Gasteiger partial charge >= 0.3 is 0 Å². The average Bonchev–Trinajstić information content (AvgIpc) is 3.10. The number of piperidine rings is 1. The van der Waals surface area contributed by atoms with Crippen molar-refractivity contribution in [2.24, 2.45) is 0 Å². The Morgan fingerprint density at radius 1 is 1.42 bits per heavy atom. The summed E-state index contributed by atoms with van der Waals surface area (Å²) >= 11 is 0. The fourth-order valence-corrected chi connectivity index (χ4v) is 2.97. The van der Waals surface area contributed by atoms with Gasteiger partial charge in [0.15, 0.2) is 11.6 Å². The van der Waals surface area contributed by atoms with Crippen LogP contribution in [-0.2, 0) is 11.3 Å². The number of methoxy groups -OCH3 is 2. The summed E-state index contributed by atoms with van der Waals surface area (Å²) in [4.78, 5) is 23.4. The molecular weight excluding hydrogens is 310 g/mol. The van der Waals surface area contributed by atoms with Crippen molar-refractivity contribution in [1.29, 1.82) is 0 Å². The number of H-pyrrole nitrogens is 1. The monoisotopic (exact) mass is 331 g/mol. The molecule has 0 saturated carbocycles. The summed E-state index contributed by atoms with van der Waals surface area (Å²) in [6.07, 6.45) is 4.43. The van der Waals surface area contributed by atoms with Crippen LogP contribution in [0.2, 0.25) is 0 Å². The molecule has 3 heterocycles. The lowest BCUT2D eigenvalue weighted by Crippen LogP contribution is -2.39. The quantitative estimate of drug-likeness (QED) is 0.897. The van der Waals surface area contributed by atoms with Crippen molar-refractivity contribution in [3.63, 3.8) is 0 Å². The van der Waals surface area contributed by atoms with E-state index in [1.54, 1.807) is 25.4 Å². The molecule has 2 aromatic heterocycles. The van der Waals surface area contributed by atoms with Gasteiger partial charge in [-0.05, 0) is 31.4 Å². The van der Waals surface area contributed by atoms with Gasteiger partial charge in [-0.15, -0.1) is 0 Å². The standard InChI is InChI=1S/C16H21N5O3/c1-23-10-13-18-14(20-19-13)12-7-3-4-9-21(12)16(22)11-6-5-8-17-15(11)24-2/h5-6,8,12H,3-4,7,9-10H2,1-2H3,(H,18,19,20)/t12-/m1/s1. The van der Waals surface area contributed by atoms with E-state index in [9.17, 15) is 4.79 Å². The molecule has 24 heavy (non-hydrogen) atoms. The Bertz CT molecular complexity index is 703. The first-order valence-corrected chi connectivity index (χ1v) is 7.94. The van der Waals surface area contributed by atoms with Gasteiger partial charge in [0.2, 0.25) is 5.88 Å². The Kier molecular flexibility index (Phi) is 5.05. The molecule has 0 aromatic carbocycles. The van der Waals surface area contributed by atoms with E-state index in [2.05, 4.69) is 20.2 Å². The third kappa shape index (κ3) is 3.23. The number of ether oxygens (including phenoxy) is 2. The molecule has 8 nitrogen and oxygen atoms in total. The molecule has 2 aromatic rings. The SMILES string of the molecule is COCc1nc([C@H]2CCCCN2C(=O)c2cccnc2OC)n[nH]1. The van der Waals surface area contributed by atoms with E-state index in [4.69, 9.17) is 9.47 Å². The van der Waals surface area contributed by atoms with Gasteiger partial charge in [-0.25, -0.2) is 9.97 Å². The number of likely N-dealkylation sites (tertiary alicyclic amines) is 1. The van der Waals surface area contributed by atoms with Crippen LogP contribution in [0.4, 0.5) is 0 Å². The van der Waals surface area contributed by atoms with Crippen LogP contribution in [0.1, 0.15) is 47.3 Å². The molecule has 0 aliphatic carbocycles. The molecule has 0 unspecified atom stereocenters. The third-order valence-electron chi connectivity index (χ3n) is 4.09. The van der Waals surface area contributed by atoms with Gasteiger partial charge in [0.1, 0.15) is 12.2 Å². The molecule has 3 rings (SSSR count). The lowest BCUT2D eigenvalue weighted by Gasteiger charge is -2.34. The van der Waals surface area contributed by atoms with Gasteiger partial charge in [-0.2, -0.15) is 5.10 Å².